The molecule has 0 saturated carbocycles. The first kappa shape index (κ1) is 17.7. The smallest absolute Gasteiger partial charge is 0.239 e. The van der Waals surface area contributed by atoms with Crippen LogP contribution in [-0.2, 0) is 9.59 Å². The lowest BCUT2D eigenvalue weighted by Crippen LogP contribution is -2.54. The monoisotopic (exact) mass is 341 g/mol. The summed E-state index contributed by atoms with van der Waals surface area (Å²) in [5, 5.41) is 3.24. The van der Waals surface area contributed by atoms with Crippen LogP contribution in [0.2, 0.25) is 0 Å². The van der Waals surface area contributed by atoms with E-state index in [0.717, 1.165) is 13.1 Å². The van der Waals surface area contributed by atoms with Gasteiger partial charge in [0, 0.05) is 37.9 Å². The average molecular weight is 342 g/mol. The Kier molecular flexibility index (Phi) is 5.59. The third-order valence-electron chi connectivity index (χ3n) is 4.43. The lowest BCUT2D eigenvalue weighted by atomic mass is 10.0. The maximum Gasteiger partial charge on any atom is 0.239 e. The molecule has 1 unspecified atom stereocenters. The van der Waals surface area contributed by atoms with Gasteiger partial charge in [-0.15, -0.1) is 12.4 Å². The highest BCUT2D eigenvalue weighted by Crippen LogP contribution is 2.27. The van der Waals surface area contributed by atoms with Gasteiger partial charge in [-0.1, -0.05) is 0 Å². The molecule has 2 heterocycles. The minimum absolute atomic E-state index is 0. The van der Waals surface area contributed by atoms with Crippen LogP contribution in [0.3, 0.4) is 0 Å². The van der Waals surface area contributed by atoms with Gasteiger partial charge in [0.1, 0.15) is 11.7 Å². The van der Waals surface area contributed by atoms with Gasteiger partial charge < -0.3 is 15.1 Å². The predicted octanol–water partition coefficient (Wildman–Crippen LogP) is 1.42. The molecule has 2 saturated heterocycles. The van der Waals surface area contributed by atoms with Crippen molar-refractivity contribution >= 4 is 29.9 Å². The van der Waals surface area contributed by atoms with Gasteiger partial charge in [0.2, 0.25) is 11.8 Å². The normalized spacial score (nSPS) is 24.5. The minimum atomic E-state index is -0.606. The van der Waals surface area contributed by atoms with E-state index in [0.29, 0.717) is 25.2 Å². The van der Waals surface area contributed by atoms with Crippen LogP contribution in [-0.4, -0.2) is 48.9 Å². The molecule has 0 spiro atoms. The Morgan fingerprint density at radius 2 is 1.96 bits per heavy atom. The second-order valence-electron chi connectivity index (χ2n) is 5.89. The highest BCUT2D eigenvalue weighted by molar-refractivity contribution is 6.09. The zero-order chi connectivity index (χ0) is 15.7. The molecule has 0 aliphatic carbocycles. The van der Waals surface area contributed by atoms with E-state index in [-0.39, 0.29) is 36.1 Å². The summed E-state index contributed by atoms with van der Waals surface area (Å²) in [4.78, 5) is 28.6. The van der Waals surface area contributed by atoms with Crippen LogP contribution in [0.4, 0.5) is 10.1 Å². The van der Waals surface area contributed by atoms with Gasteiger partial charge in [-0.25, -0.2) is 4.39 Å². The Bertz CT molecular complexity index is 581. The fourth-order valence-corrected chi connectivity index (χ4v) is 3.16. The molecular weight excluding hydrogens is 321 g/mol. The van der Waals surface area contributed by atoms with Crippen molar-refractivity contribution in [3.05, 3.63) is 30.1 Å². The van der Waals surface area contributed by atoms with Crippen LogP contribution in [0.15, 0.2) is 24.3 Å². The maximum atomic E-state index is 13.0. The SMILES string of the molecule is C[C@H]1CNCCN1C(=O)C1CCN(c2ccc(F)cc2)C1=O.Cl. The summed E-state index contributed by atoms with van der Waals surface area (Å²) in [6.07, 6.45) is 0.520. The lowest BCUT2D eigenvalue weighted by molar-refractivity contribution is -0.142. The van der Waals surface area contributed by atoms with Crippen LogP contribution in [0.25, 0.3) is 0 Å². The van der Waals surface area contributed by atoms with Gasteiger partial charge in [-0.2, -0.15) is 0 Å². The number of amides is 2. The standard InChI is InChI=1S/C16H20FN3O2.ClH/c1-11-10-18-7-9-19(11)15(21)14-6-8-20(16(14)22)13-4-2-12(17)3-5-13;/h2-5,11,14,18H,6-10H2,1H3;1H/t11-,14?;/m0./s1. The fraction of sp³-hybridized carbons (Fsp3) is 0.500. The van der Waals surface area contributed by atoms with Crippen molar-refractivity contribution in [1.82, 2.24) is 10.2 Å². The second-order valence-corrected chi connectivity index (χ2v) is 5.89. The molecule has 0 radical (unpaired) electrons. The molecule has 126 valence electrons. The first-order valence-electron chi connectivity index (χ1n) is 7.66. The number of rotatable bonds is 2. The second kappa shape index (κ2) is 7.27. The average Bonchev–Trinajstić information content (AvgIpc) is 2.90. The molecule has 0 bridgehead atoms. The van der Waals surface area contributed by atoms with E-state index < -0.39 is 5.92 Å². The largest absolute Gasteiger partial charge is 0.337 e. The molecule has 2 fully saturated rings. The Morgan fingerprint density at radius 1 is 1.26 bits per heavy atom. The molecule has 2 atom stereocenters. The predicted molar refractivity (Wildman–Crippen MR) is 88.2 cm³/mol. The van der Waals surface area contributed by atoms with E-state index in [9.17, 15) is 14.0 Å². The topological polar surface area (TPSA) is 52.7 Å². The highest BCUT2D eigenvalue weighted by Gasteiger charge is 2.41. The highest BCUT2D eigenvalue weighted by atomic mass is 35.5. The summed E-state index contributed by atoms with van der Waals surface area (Å²) >= 11 is 0. The van der Waals surface area contributed by atoms with Crippen LogP contribution >= 0.6 is 12.4 Å². The Balaban J connectivity index is 0.00000192. The number of benzene rings is 1. The van der Waals surface area contributed by atoms with E-state index in [1.54, 1.807) is 21.9 Å². The van der Waals surface area contributed by atoms with Gasteiger partial charge in [-0.05, 0) is 37.6 Å². The molecule has 3 rings (SSSR count). The van der Waals surface area contributed by atoms with Gasteiger partial charge in [0.15, 0.2) is 0 Å². The zero-order valence-electron chi connectivity index (χ0n) is 13.0. The fourth-order valence-electron chi connectivity index (χ4n) is 3.16. The Morgan fingerprint density at radius 3 is 2.61 bits per heavy atom. The molecule has 23 heavy (non-hydrogen) atoms. The molecule has 2 amide bonds. The van der Waals surface area contributed by atoms with E-state index in [4.69, 9.17) is 0 Å². The molecule has 1 aromatic carbocycles. The number of carbonyl (C=O) groups excluding carboxylic acids is 2. The molecule has 0 aromatic heterocycles. The molecule has 1 N–H and O–H groups in total. The number of halogens is 2. The summed E-state index contributed by atoms with van der Waals surface area (Å²) in [5.41, 5.74) is 0.648. The molecule has 7 heteroatoms. The van der Waals surface area contributed by atoms with Gasteiger partial charge in [-0.3, -0.25) is 9.59 Å². The molecule has 5 nitrogen and oxygen atoms in total. The number of hydrogen-bond acceptors (Lipinski definition) is 3. The first-order chi connectivity index (χ1) is 10.6. The third kappa shape index (κ3) is 3.48. The number of piperazine rings is 1. The molecule has 1 aromatic rings. The van der Waals surface area contributed by atoms with Crippen LogP contribution in [0.1, 0.15) is 13.3 Å². The summed E-state index contributed by atoms with van der Waals surface area (Å²) in [7, 11) is 0. The van der Waals surface area contributed by atoms with E-state index in [2.05, 4.69) is 5.32 Å². The molecule has 2 aliphatic heterocycles. The van der Waals surface area contributed by atoms with Crippen molar-refractivity contribution in [2.75, 3.05) is 31.1 Å². The van der Waals surface area contributed by atoms with E-state index >= 15 is 0 Å². The minimum Gasteiger partial charge on any atom is -0.337 e. The van der Waals surface area contributed by atoms with E-state index in [1.807, 2.05) is 6.92 Å². The first-order valence-corrected chi connectivity index (χ1v) is 7.66. The lowest BCUT2D eigenvalue weighted by Gasteiger charge is -2.35. The Labute approximate surface area is 141 Å². The number of anilines is 1. The quantitative estimate of drug-likeness (QED) is 0.828. The van der Waals surface area contributed by atoms with Crippen LogP contribution in [0, 0.1) is 11.7 Å². The summed E-state index contributed by atoms with van der Waals surface area (Å²) in [6, 6.07) is 5.92. The summed E-state index contributed by atoms with van der Waals surface area (Å²) in [5.74, 6) is -1.20. The van der Waals surface area contributed by atoms with Gasteiger partial charge in [0.05, 0.1) is 0 Å². The Hall–Kier alpha value is -1.66. The van der Waals surface area contributed by atoms with Crippen LogP contribution in [0.5, 0.6) is 0 Å². The zero-order valence-corrected chi connectivity index (χ0v) is 13.8. The van der Waals surface area contributed by atoms with Gasteiger partial charge >= 0.3 is 0 Å². The summed E-state index contributed by atoms with van der Waals surface area (Å²) in [6.45, 7) is 4.65. The third-order valence-corrected chi connectivity index (χ3v) is 4.43. The van der Waals surface area contributed by atoms with Crippen molar-refractivity contribution in [3.63, 3.8) is 0 Å². The van der Waals surface area contributed by atoms with Crippen molar-refractivity contribution in [1.29, 1.82) is 0 Å². The molecular formula is C16H21ClFN3O2. The number of nitrogens with one attached hydrogen (secondary N) is 1. The maximum absolute atomic E-state index is 13.0. The number of hydrogen-bond donors (Lipinski definition) is 1. The van der Waals surface area contributed by atoms with Gasteiger partial charge in [0.25, 0.3) is 0 Å². The summed E-state index contributed by atoms with van der Waals surface area (Å²) < 4.78 is 13.0. The molecule has 2 aliphatic rings. The van der Waals surface area contributed by atoms with Crippen molar-refractivity contribution < 1.29 is 14.0 Å². The number of carbonyl (C=O) groups is 2. The van der Waals surface area contributed by atoms with Crippen molar-refractivity contribution in [2.45, 2.75) is 19.4 Å². The van der Waals surface area contributed by atoms with Crippen molar-refractivity contribution in [2.24, 2.45) is 5.92 Å². The van der Waals surface area contributed by atoms with Crippen molar-refractivity contribution in [3.8, 4) is 0 Å². The van der Waals surface area contributed by atoms with E-state index in [1.165, 1.54) is 12.1 Å². The van der Waals surface area contributed by atoms with Crippen LogP contribution < -0.4 is 10.2 Å². The number of nitrogens with zero attached hydrogens (tertiary/aromatic N) is 2.